The normalized spacial score (nSPS) is 12.5. The summed E-state index contributed by atoms with van der Waals surface area (Å²) in [4.78, 5) is 2.16. The van der Waals surface area contributed by atoms with Crippen LogP contribution in [0.5, 0.6) is 0 Å². The van der Waals surface area contributed by atoms with E-state index in [0.29, 0.717) is 0 Å². The van der Waals surface area contributed by atoms with Crippen LogP contribution in [-0.4, -0.2) is 0 Å². The molecule has 0 saturated carbocycles. The van der Waals surface area contributed by atoms with Crippen molar-refractivity contribution in [2.24, 2.45) is 5.73 Å². The molecule has 0 amide bonds. The quantitative estimate of drug-likeness (QED) is 0.885. The van der Waals surface area contributed by atoms with Gasteiger partial charge in [-0.05, 0) is 67.8 Å². The van der Waals surface area contributed by atoms with Crippen molar-refractivity contribution in [3.8, 4) is 0 Å². The van der Waals surface area contributed by atoms with Crippen molar-refractivity contribution in [2.45, 2.75) is 36.6 Å². The highest BCUT2D eigenvalue weighted by Gasteiger charge is 2.10. The number of nitrogens with two attached hydrogens (primary N) is 1. The summed E-state index contributed by atoms with van der Waals surface area (Å²) in [6.07, 6.45) is 0. The number of hydrogen-bond acceptors (Lipinski definition) is 2. The average molecular weight is 275 g/mol. The maximum absolute atomic E-state index is 13.3. The van der Waals surface area contributed by atoms with Crippen LogP contribution in [0.2, 0.25) is 0 Å². The Morgan fingerprint density at radius 3 is 2.42 bits per heavy atom. The molecular weight excluding hydrogens is 257 g/mol. The van der Waals surface area contributed by atoms with Gasteiger partial charge in [0.05, 0.1) is 0 Å². The van der Waals surface area contributed by atoms with Gasteiger partial charge in [-0.15, -0.1) is 0 Å². The van der Waals surface area contributed by atoms with Crippen LogP contribution in [0.15, 0.2) is 46.2 Å². The van der Waals surface area contributed by atoms with E-state index in [0.717, 1.165) is 15.4 Å². The lowest BCUT2D eigenvalue weighted by atomic mass is 10.1. The molecule has 1 atom stereocenters. The van der Waals surface area contributed by atoms with Gasteiger partial charge in [-0.3, -0.25) is 0 Å². The Morgan fingerprint density at radius 1 is 1.05 bits per heavy atom. The van der Waals surface area contributed by atoms with E-state index >= 15 is 0 Å². The lowest BCUT2D eigenvalue weighted by molar-refractivity contribution is 0.619. The van der Waals surface area contributed by atoms with Crippen LogP contribution in [0.1, 0.15) is 29.7 Å². The minimum Gasteiger partial charge on any atom is -0.324 e. The molecule has 0 radical (unpaired) electrons. The van der Waals surface area contributed by atoms with E-state index in [1.54, 1.807) is 17.8 Å². The van der Waals surface area contributed by atoms with Crippen molar-refractivity contribution in [3.63, 3.8) is 0 Å². The van der Waals surface area contributed by atoms with Crippen LogP contribution in [0.3, 0.4) is 0 Å². The summed E-state index contributed by atoms with van der Waals surface area (Å²) in [5.74, 6) is -0.239. The number of benzene rings is 2. The van der Waals surface area contributed by atoms with Gasteiger partial charge in [-0.2, -0.15) is 0 Å². The van der Waals surface area contributed by atoms with Crippen LogP contribution in [-0.2, 0) is 0 Å². The first-order valence-corrected chi connectivity index (χ1v) is 7.09. The standard InChI is InChI=1S/C16H18FNS/c1-10-4-6-14(8-11(10)2)19-16-7-5-13(17)9-15(16)12(3)18/h4-9,12H,18H2,1-3H3/t12-/m0/s1. The highest BCUT2D eigenvalue weighted by atomic mass is 32.2. The average Bonchev–Trinajstić information content (AvgIpc) is 2.36. The summed E-state index contributed by atoms with van der Waals surface area (Å²) in [6.45, 7) is 6.06. The topological polar surface area (TPSA) is 26.0 Å². The second-order valence-corrected chi connectivity index (χ2v) is 5.93. The molecule has 0 saturated heterocycles. The second kappa shape index (κ2) is 5.76. The summed E-state index contributed by atoms with van der Waals surface area (Å²) in [5, 5.41) is 0. The summed E-state index contributed by atoms with van der Waals surface area (Å²) >= 11 is 1.63. The van der Waals surface area contributed by atoms with E-state index in [4.69, 9.17) is 5.73 Å². The van der Waals surface area contributed by atoms with Gasteiger partial charge >= 0.3 is 0 Å². The molecule has 0 aliphatic carbocycles. The van der Waals surface area contributed by atoms with Crippen LogP contribution >= 0.6 is 11.8 Å². The third-order valence-corrected chi connectivity index (χ3v) is 4.25. The fourth-order valence-electron chi connectivity index (χ4n) is 1.87. The van der Waals surface area contributed by atoms with E-state index in [1.165, 1.54) is 23.3 Å². The Labute approximate surface area is 118 Å². The first-order chi connectivity index (χ1) is 8.97. The van der Waals surface area contributed by atoms with Crippen molar-refractivity contribution >= 4 is 11.8 Å². The molecule has 19 heavy (non-hydrogen) atoms. The monoisotopic (exact) mass is 275 g/mol. The molecule has 2 rings (SSSR count). The first-order valence-electron chi connectivity index (χ1n) is 6.27. The fourth-order valence-corrected chi connectivity index (χ4v) is 3.00. The molecule has 100 valence electrons. The minimum absolute atomic E-state index is 0.176. The van der Waals surface area contributed by atoms with Crippen LogP contribution in [0.25, 0.3) is 0 Å². The lowest BCUT2D eigenvalue weighted by Gasteiger charge is -2.13. The third-order valence-electron chi connectivity index (χ3n) is 3.17. The summed E-state index contributed by atoms with van der Waals surface area (Å²) in [7, 11) is 0. The number of hydrogen-bond donors (Lipinski definition) is 1. The smallest absolute Gasteiger partial charge is 0.123 e. The van der Waals surface area contributed by atoms with Gasteiger partial charge in [-0.1, -0.05) is 17.8 Å². The van der Waals surface area contributed by atoms with E-state index in [2.05, 4.69) is 32.0 Å². The Morgan fingerprint density at radius 2 is 1.79 bits per heavy atom. The maximum Gasteiger partial charge on any atom is 0.123 e. The van der Waals surface area contributed by atoms with Gasteiger partial charge < -0.3 is 5.73 Å². The summed E-state index contributed by atoms with van der Waals surface area (Å²) in [5.41, 5.74) is 9.29. The highest BCUT2D eigenvalue weighted by Crippen LogP contribution is 2.34. The Balaban J connectivity index is 2.35. The molecule has 2 aromatic rings. The zero-order valence-corrected chi connectivity index (χ0v) is 12.2. The van der Waals surface area contributed by atoms with Gasteiger partial charge in [-0.25, -0.2) is 4.39 Å². The summed E-state index contributed by atoms with van der Waals surface area (Å²) < 4.78 is 13.3. The van der Waals surface area contributed by atoms with Crippen molar-refractivity contribution in [1.29, 1.82) is 0 Å². The molecule has 1 nitrogen and oxygen atoms in total. The molecular formula is C16H18FNS. The van der Waals surface area contributed by atoms with Crippen LogP contribution in [0.4, 0.5) is 4.39 Å². The van der Waals surface area contributed by atoms with E-state index in [9.17, 15) is 4.39 Å². The molecule has 0 spiro atoms. The van der Waals surface area contributed by atoms with E-state index in [-0.39, 0.29) is 11.9 Å². The second-order valence-electron chi connectivity index (χ2n) is 4.82. The Hall–Kier alpha value is -1.32. The van der Waals surface area contributed by atoms with Gasteiger partial charge in [0, 0.05) is 15.8 Å². The first kappa shape index (κ1) is 14.1. The zero-order chi connectivity index (χ0) is 14.0. The molecule has 3 heteroatoms. The molecule has 0 aliphatic rings. The zero-order valence-electron chi connectivity index (χ0n) is 11.4. The molecule has 0 aromatic heterocycles. The van der Waals surface area contributed by atoms with Crippen LogP contribution in [0, 0.1) is 19.7 Å². The number of aryl methyl sites for hydroxylation is 2. The molecule has 2 N–H and O–H groups in total. The van der Waals surface area contributed by atoms with Crippen molar-refractivity contribution in [1.82, 2.24) is 0 Å². The van der Waals surface area contributed by atoms with E-state index < -0.39 is 0 Å². The molecule has 0 bridgehead atoms. The SMILES string of the molecule is Cc1ccc(Sc2ccc(F)cc2[C@H](C)N)cc1C. The Bertz CT molecular complexity index is 593. The van der Waals surface area contributed by atoms with Crippen LogP contribution < -0.4 is 5.73 Å². The molecule has 0 heterocycles. The maximum atomic E-state index is 13.3. The molecule has 0 aliphatic heterocycles. The number of rotatable bonds is 3. The Kier molecular flexibility index (Phi) is 4.27. The number of halogens is 1. The van der Waals surface area contributed by atoms with Crippen molar-refractivity contribution < 1.29 is 4.39 Å². The van der Waals surface area contributed by atoms with Gasteiger partial charge in [0.15, 0.2) is 0 Å². The molecule has 0 unspecified atom stereocenters. The molecule has 2 aromatic carbocycles. The predicted octanol–water partition coefficient (Wildman–Crippen LogP) is 4.61. The molecule has 0 fully saturated rings. The van der Waals surface area contributed by atoms with Gasteiger partial charge in [0.1, 0.15) is 5.82 Å². The predicted molar refractivity (Wildman–Crippen MR) is 79.0 cm³/mol. The third kappa shape index (κ3) is 3.37. The lowest BCUT2D eigenvalue weighted by Crippen LogP contribution is -2.06. The van der Waals surface area contributed by atoms with E-state index in [1.807, 2.05) is 6.92 Å². The van der Waals surface area contributed by atoms with Gasteiger partial charge in [0.25, 0.3) is 0 Å². The van der Waals surface area contributed by atoms with Crippen molar-refractivity contribution in [3.05, 3.63) is 58.9 Å². The van der Waals surface area contributed by atoms with Gasteiger partial charge in [0.2, 0.25) is 0 Å². The fraction of sp³-hybridized carbons (Fsp3) is 0.250. The highest BCUT2D eigenvalue weighted by molar-refractivity contribution is 7.99. The van der Waals surface area contributed by atoms with Crippen molar-refractivity contribution in [2.75, 3.05) is 0 Å². The largest absolute Gasteiger partial charge is 0.324 e. The summed E-state index contributed by atoms with van der Waals surface area (Å²) in [6, 6.07) is 11.0. The minimum atomic E-state index is -0.239.